The Balaban J connectivity index is 0.000000441. The van der Waals surface area contributed by atoms with Crippen LogP contribution in [0, 0.1) is 21.7 Å². The topological polar surface area (TPSA) is 176 Å². The lowest BCUT2D eigenvalue weighted by atomic mass is 9.76. The van der Waals surface area contributed by atoms with Gasteiger partial charge in [0.05, 0.1) is 60.2 Å². The maximum absolute atomic E-state index is 13.4. The van der Waals surface area contributed by atoms with Crippen molar-refractivity contribution in [3.63, 3.8) is 0 Å². The third-order valence-electron chi connectivity index (χ3n) is 12.8. The minimum absolute atomic E-state index is 0.0163. The fraction of sp³-hybridized carbons (Fsp3) is 0.514. The van der Waals surface area contributed by atoms with Crippen molar-refractivity contribution in [2.75, 3.05) is 27.4 Å². The fourth-order valence-corrected chi connectivity index (χ4v) is 8.29. The van der Waals surface area contributed by atoms with Gasteiger partial charge in [0.25, 0.3) is 0 Å². The molecule has 0 aliphatic carbocycles. The molecular weight excluding hydrogens is 1060 g/mol. The molecule has 4 rings (SSSR count). The zero-order chi connectivity index (χ0) is 64.4. The van der Waals surface area contributed by atoms with E-state index in [1.807, 2.05) is 62.3 Å². The average molecular weight is 1160 g/mol. The molecule has 0 radical (unpaired) electrons. The normalized spacial score (nSPS) is 12.4. The number of methoxy groups -OCH3 is 2. The summed E-state index contributed by atoms with van der Waals surface area (Å²) in [5, 5.41) is 0. The van der Waals surface area contributed by atoms with Crippen molar-refractivity contribution in [1.29, 1.82) is 0 Å². The molecule has 0 spiro atoms. The zero-order valence-corrected chi connectivity index (χ0v) is 55.2. The maximum atomic E-state index is 13.4. The zero-order valence-electron chi connectivity index (χ0n) is 55.2. The molecule has 0 fully saturated rings. The van der Waals surface area contributed by atoms with E-state index in [0.29, 0.717) is 87.0 Å². The van der Waals surface area contributed by atoms with Crippen molar-refractivity contribution in [2.45, 2.75) is 189 Å². The van der Waals surface area contributed by atoms with E-state index in [4.69, 9.17) is 37.9 Å². The Morgan fingerprint density at radius 2 is 0.690 bits per heavy atom. The Labute approximate surface area is 501 Å². The van der Waals surface area contributed by atoms with Gasteiger partial charge in [-0.3, -0.25) is 28.8 Å². The van der Waals surface area contributed by atoms with Gasteiger partial charge < -0.3 is 37.9 Å². The Kier molecular flexibility index (Phi) is 23.8. The molecule has 4 aromatic rings. The largest absolute Gasteiger partial charge is 0.496 e. The summed E-state index contributed by atoms with van der Waals surface area (Å²) < 4.78 is 47.4. The molecule has 14 heteroatoms. The quantitative estimate of drug-likeness (QED) is 0.0398. The molecule has 0 atom stereocenters. The monoisotopic (exact) mass is 1160 g/mol. The van der Waals surface area contributed by atoms with Crippen molar-refractivity contribution < 1.29 is 66.7 Å². The third-order valence-corrected chi connectivity index (χ3v) is 12.8. The number of hydrogen-bond donors (Lipinski definition) is 0. The molecular formula is C70H96O14. The first-order chi connectivity index (χ1) is 38.5. The fourth-order valence-electron chi connectivity index (χ4n) is 8.29. The van der Waals surface area contributed by atoms with E-state index >= 15 is 0 Å². The van der Waals surface area contributed by atoms with Gasteiger partial charge in [-0.15, -0.1) is 0 Å². The van der Waals surface area contributed by atoms with Crippen LogP contribution in [0.15, 0.2) is 60.7 Å². The molecule has 0 unspecified atom stereocenters. The minimum Gasteiger partial charge on any atom is -0.496 e. The van der Waals surface area contributed by atoms with Gasteiger partial charge in [-0.25, -0.2) is 0 Å². The van der Waals surface area contributed by atoms with Crippen LogP contribution in [0.2, 0.25) is 0 Å². The highest BCUT2D eigenvalue weighted by molar-refractivity contribution is 6.08. The number of allylic oxidation sites excluding steroid dienone is 2. The molecule has 0 N–H and O–H groups in total. The second kappa shape index (κ2) is 28.1. The van der Waals surface area contributed by atoms with E-state index in [-0.39, 0.29) is 35.3 Å². The lowest BCUT2D eigenvalue weighted by Crippen LogP contribution is -2.29. The standard InChI is InChI=1S/C36H50O7.C34H46O7/c1-15-41-28-24(20-21-25(37)22-16-18-23(19-17-22)42-31(38)35(8,9)10)29(43-32(39)36(11,12)13)27(34(5,6)7)30(40-14)26(28)33(2,3)4;1-13-39-28-24(18-19-25(35)22-14-16-23(17-15-22)40-31(36)33(6,7)8)29(41-32(37)34(9,10)11)27(21(4)5)30(38-12)26(28)20(2)3/h16-21H,15H2,1-14H3;14-21H,13H2,1-12H3. The van der Waals surface area contributed by atoms with Gasteiger partial charge in [0.2, 0.25) is 0 Å². The molecule has 84 heavy (non-hydrogen) atoms. The Bertz CT molecular complexity index is 3070. The van der Waals surface area contributed by atoms with E-state index < -0.39 is 44.4 Å². The molecule has 0 aromatic heterocycles. The molecule has 460 valence electrons. The number of carbonyl (C=O) groups is 6. The van der Waals surface area contributed by atoms with Crippen LogP contribution in [-0.4, -0.2) is 62.9 Å². The van der Waals surface area contributed by atoms with Crippen LogP contribution in [0.4, 0.5) is 0 Å². The first-order valence-corrected chi connectivity index (χ1v) is 28.8. The number of esters is 4. The van der Waals surface area contributed by atoms with Crippen molar-refractivity contribution in [1.82, 2.24) is 0 Å². The SMILES string of the molecule is CCOc1c(C=CC(=O)c2ccc(OC(=O)C(C)(C)C)cc2)c(OC(=O)C(C)(C)C)c(C(C)(C)C)c(OC)c1C(C)(C)C.CCOc1c(C=CC(=O)c2ccc(OC(=O)C(C)(C)C)cc2)c(OC(=O)C(C)(C)C)c(C(C)C)c(OC)c1C(C)C. The number of benzene rings is 4. The number of hydrogen-bond acceptors (Lipinski definition) is 14. The van der Waals surface area contributed by atoms with Crippen molar-refractivity contribution in [3.05, 3.63) is 105 Å². The number of rotatable bonds is 18. The molecule has 4 aromatic carbocycles. The molecule has 14 nitrogen and oxygen atoms in total. The second-order valence-corrected chi connectivity index (χ2v) is 27.5. The number of ketones is 2. The van der Waals surface area contributed by atoms with Crippen LogP contribution in [0.25, 0.3) is 12.2 Å². The van der Waals surface area contributed by atoms with Crippen LogP contribution < -0.4 is 37.9 Å². The Morgan fingerprint density at radius 3 is 1.00 bits per heavy atom. The van der Waals surface area contributed by atoms with Crippen LogP contribution in [0.3, 0.4) is 0 Å². The first kappa shape index (κ1) is 71.0. The maximum Gasteiger partial charge on any atom is 0.316 e. The average Bonchev–Trinajstić information content (AvgIpc) is 3.56. The van der Waals surface area contributed by atoms with E-state index in [1.165, 1.54) is 12.2 Å². The summed E-state index contributed by atoms with van der Waals surface area (Å²) in [4.78, 5) is 77.6. The van der Waals surface area contributed by atoms with Crippen LogP contribution in [0.5, 0.6) is 46.0 Å². The van der Waals surface area contributed by atoms with Gasteiger partial charge in [-0.1, -0.05) is 69.2 Å². The smallest absolute Gasteiger partial charge is 0.316 e. The molecule has 0 saturated carbocycles. The Hall–Kier alpha value is -7.22. The van der Waals surface area contributed by atoms with Gasteiger partial charge in [0.15, 0.2) is 11.6 Å². The summed E-state index contributed by atoms with van der Waals surface area (Å²) in [5.41, 5.74) is 1.11. The van der Waals surface area contributed by atoms with Crippen LogP contribution >= 0.6 is 0 Å². The second-order valence-electron chi connectivity index (χ2n) is 27.5. The van der Waals surface area contributed by atoms with E-state index in [0.717, 1.165) is 16.7 Å². The minimum atomic E-state index is -0.786. The number of carbonyl (C=O) groups excluding carboxylic acids is 6. The van der Waals surface area contributed by atoms with Crippen molar-refractivity contribution >= 4 is 47.6 Å². The summed E-state index contributed by atoms with van der Waals surface area (Å²) in [5.74, 6) is 1.36. The first-order valence-electron chi connectivity index (χ1n) is 28.8. The van der Waals surface area contributed by atoms with Crippen molar-refractivity contribution in [3.8, 4) is 46.0 Å². The molecule has 0 aliphatic rings. The van der Waals surface area contributed by atoms with Crippen LogP contribution in [0.1, 0.15) is 232 Å². The highest BCUT2D eigenvalue weighted by Crippen LogP contribution is 2.54. The van der Waals surface area contributed by atoms with Gasteiger partial charge in [0, 0.05) is 33.4 Å². The summed E-state index contributed by atoms with van der Waals surface area (Å²) in [6.45, 7) is 46.2. The summed E-state index contributed by atoms with van der Waals surface area (Å²) in [6, 6.07) is 12.8. The van der Waals surface area contributed by atoms with Gasteiger partial charge in [-0.2, -0.15) is 0 Å². The van der Waals surface area contributed by atoms with Gasteiger partial charge >= 0.3 is 23.9 Å². The molecule has 0 amide bonds. The third kappa shape index (κ3) is 18.4. The van der Waals surface area contributed by atoms with Crippen molar-refractivity contribution in [2.24, 2.45) is 21.7 Å². The lowest BCUT2D eigenvalue weighted by Gasteiger charge is -2.34. The highest BCUT2D eigenvalue weighted by Gasteiger charge is 2.39. The predicted molar refractivity (Wildman–Crippen MR) is 334 cm³/mol. The Morgan fingerprint density at radius 1 is 0.393 bits per heavy atom. The lowest BCUT2D eigenvalue weighted by molar-refractivity contribution is -0.143. The van der Waals surface area contributed by atoms with Crippen LogP contribution in [-0.2, 0) is 30.0 Å². The number of ether oxygens (including phenoxy) is 8. The molecule has 0 bridgehead atoms. The highest BCUT2D eigenvalue weighted by atomic mass is 16.6. The van der Waals surface area contributed by atoms with E-state index in [9.17, 15) is 28.8 Å². The molecule has 0 saturated heterocycles. The molecule has 0 heterocycles. The predicted octanol–water partition coefficient (Wildman–Crippen LogP) is 16.6. The molecule has 0 aliphatic heterocycles. The summed E-state index contributed by atoms with van der Waals surface area (Å²) in [6.07, 6.45) is 6.16. The summed E-state index contributed by atoms with van der Waals surface area (Å²) in [7, 11) is 3.20. The summed E-state index contributed by atoms with van der Waals surface area (Å²) >= 11 is 0. The van der Waals surface area contributed by atoms with E-state index in [2.05, 4.69) is 20.8 Å². The van der Waals surface area contributed by atoms with Gasteiger partial charge in [0.1, 0.15) is 46.0 Å². The van der Waals surface area contributed by atoms with E-state index in [1.54, 1.807) is 158 Å². The van der Waals surface area contributed by atoms with Gasteiger partial charge in [-0.05, 0) is 192 Å².